The van der Waals surface area contributed by atoms with E-state index in [1.807, 2.05) is 12.1 Å². The molecule has 0 N–H and O–H groups in total. The Labute approximate surface area is 558 Å². The van der Waals surface area contributed by atoms with Gasteiger partial charge in [0.2, 0.25) is 0 Å². The molecule has 0 aliphatic carbocycles. The minimum absolute atomic E-state index is 0. The molecule has 83 heavy (non-hydrogen) atoms. The molecule has 6 nitrogen and oxygen atoms in total. The van der Waals surface area contributed by atoms with Gasteiger partial charge in [-0.2, -0.15) is 0 Å². The van der Waals surface area contributed by atoms with Crippen LogP contribution in [-0.2, 0) is 33.1 Å². The first-order valence-electron chi connectivity index (χ1n) is 36.2. The first-order valence-corrected chi connectivity index (χ1v) is 39.0. The predicted octanol–water partition coefficient (Wildman–Crippen LogP) is 24.6. The second-order valence-electron chi connectivity index (χ2n) is 25.4. The zero-order chi connectivity index (χ0) is 59.4. The summed E-state index contributed by atoms with van der Waals surface area (Å²) in [6, 6.07) is 13.3. The van der Waals surface area contributed by atoms with Crippen molar-refractivity contribution in [3.63, 3.8) is 0 Å². The maximum Gasteiger partial charge on any atom is 2.00 e. The summed E-state index contributed by atoms with van der Waals surface area (Å²) >= 11 is 0. The Morgan fingerprint density at radius 2 is 0.361 bits per heavy atom. The molecule has 0 aliphatic heterocycles. The van der Waals surface area contributed by atoms with Crippen LogP contribution in [0.4, 0.5) is 0 Å². The van der Waals surface area contributed by atoms with Crippen LogP contribution in [0.2, 0.25) is 0 Å². The van der Waals surface area contributed by atoms with E-state index in [0.717, 1.165) is 25.7 Å². The van der Waals surface area contributed by atoms with Gasteiger partial charge in [0.1, 0.15) is 20.2 Å². The van der Waals surface area contributed by atoms with Gasteiger partial charge in [-0.25, -0.2) is 16.8 Å². The van der Waals surface area contributed by atoms with E-state index >= 15 is 0 Å². The van der Waals surface area contributed by atoms with Gasteiger partial charge in [-0.15, -0.1) is 0 Å². The summed E-state index contributed by atoms with van der Waals surface area (Å²) in [5.74, 6) is 0. The first kappa shape index (κ1) is 82.8. The second kappa shape index (κ2) is 63.4. The van der Waals surface area contributed by atoms with E-state index in [0.29, 0.717) is 24.0 Å². The van der Waals surface area contributed by atoms with Crippen molar-refractivity contribution in [1.29, 1.82) is 0 Å². The van der Waals surface area contributed by atoms with Gasteiger partial charge in [-0.1, -0.05) is 410 Å². The molecule has 0 heterocycles. The Balaban J connectivity index is 0.00000160. The molecular weight excluding hydrogens is 1190 g/mol. The number of hydrogen-bond acceptors (Lipinski definition) is 6. The van der Waals surface area contributed by atoms with E-state index in [9.17, 15) is 25.9 Å². The van der Waals surface area contributed by atoms with Gasteiger partial charge in [0.15, 0.2) is 0 Å². The molecular formula is C74H134BaO6S2. The average Bonchev–Trinajstić information content (AvgIpc) is 3.46. The summed E-state index contributed by atoms with van der Waals surface area (Å²) < 4.78 is 68.2. The summed E-state index contributed by atoms with van der Waals surface area (Å²) in [6.07, 6.45) is 81.9. The summed E-state index contributed by atoms with van der Waals surface area (Å²) in [4.78, 5) is -0.0829. The molecule has 0 amide bonds. The van der Waals surface area contributed by atoms with Gasteiger partial charge in [-0.3, -0.25) is 0 Å². The van der Waals surface area contributed by atoms with Crippen molar-refractivity contribution in [3.8, 4) is 0 Å². The maximum atomic E-state index is 11.4. The third-order valence-corrected chi connectivity index (χ3v) is 19.5. The maximum absolute atomic E-state index is 11.4. The predicted molar refractivity (Wildman–Crippen MR) is 361 cm³/mol. The quantitative estimate of drug-likeness (QED) is 0.0370. The molecule has 2 aromatic carbocycles. The van der Waals surface area contributed by atoms with Gasteiger partial charge >= 0.3 is 48.9 Å². The van der Waals surface area contributed by atoms with Gasteiger partial charge in [0.05, 0.1) is 9.79 Å². The van der Waals surface area contributed by atoms with Crippen LogP contribution in [0.1, 0.15) is 397 Å². The van der Waals surface area contributed by atoms with Crippen molar-refractivity contribution in [2.75, 3.05) is 0 Å². The van der Waals surface area contributed by atoms with Crippen molar-refractivity contribution in [2.24, 2.45) is 0 Å². The fourth-order valence-electron chi connectivity index (χ4n) is 12.2. The van der Waals surface area contributed by atoms with Crippen molar-refractivity contribution >= 4 is 69.1 Å². The molecule has 0 atom stereocenters. The summed E-state index contributed by atoms with van der Waals surface area (Å²) in [7, 11) is -8.73. The third-order valence-electron chi connectivity index (χ3n) is 17.6. The summed E-state index contributed by atoms with van der Waals surface area (Å²) in [5, 5.41) is 0. The number of rotatable bonds is 62. The molecule has 0 saturated heterocycles. The number of unbranched alkanes of at least 4 members (excludes halogenated alkanes) is 56. The Morgan fingerprint density at radius 1 is 0.229 bits per heavy atom. The van der Waals surface area contributed by atoms with Crippen LogP contribution in [-0.4, -0.2) is 74.8 Å². The number of hydrogen-bond donors (Lipinski definition) is 0. The molecule has 0 saturated carbocycles. The first-order chi connectivity index (χ1) is 40.1. The standard InChI is InChI=1S/2C37H68O3S.Ba/c2*1-2-3-4-5-6-7-8-9-10-11-12-13-14-15-16-17-18-19-20-21-22-23-24-25-26-27-28-29-30-33-36-34-31-32-35-37(36)41(38,39)40;/h2*31-32,34-35H,2-30,33H2,1H3,(H,38,39,40);/q;;+2/p-2. The van der Waals surface area contributed by atoms with Crippen LogP contribution >= 0.6 is 0 Å². The molecule has 0 spiro atoms. The fraction of sp³-hybridized carbons (Fsp3) is 0.838. The van der Waals surface area contributed by atoms with Gasteiger partial charge in [0, 0.05) is 0 Å². The van der Waals surface area contributed by atoms with Crippen molar-refractivity contribution < 1.29 is 25.9 Å². The van der Waals surface area contributed by atoms with Gasteiger partial charge < -0.3 is 9.11 Å². The largest absolute Gasteiger partial charge is 2.00 e. The summed E-state index contributed by atoms with van der Waals surface area (Å²) in [6.45, 7) is 4.59. The van der Waals surface area contributed by atoms with Crippen LogP contribution in [0.5, 0.6) is 0 Å². The smallest absolute Gasteiger partial charge is 0.744 e. The number of aryl methyl sites for hydroxylation is 2. The van der Waals surface area contributed by atoms with Gasteiger partial charge in [0.25, 0.3) is 0 Å². The van der Waals surface area contributed by atoms with E-state index < -0.39 is 20.2 Å². The molecule has 0 fully saturated rings. The molecule has 0 aromatic heterocycles. The minimum Gasteiger partial charge on any atom is -0.744 e. The molecule has 0 radical (unpaired) electrons. The SMILES string of the molecule is CCCCCCCCCCCCCCCCCCCCCCCCCCCCCCCc1ccccc1S(=O)(=O)[O-].CCCCCCCCCCCCCCCCCCCCCCCCCCCCCCCc1ccccc1S(=O)(=O)[O-].[Ba+2]. The van der Waals surface area contributed by atoms with Crippen molar-refractivity contribution in [1.82, 2.24) is 0 Å². The van der Waals surface area contributed by atoms with E-state index in [1.165, 1.54) is 359 Å². The fourth-order valence-corrected chi connectivity index (χ4v) is 13.7. The molecule has 480 valence electrons. The van der Waals surface area contributed by atoms with Crippen LogP contribution in [0.15, 0.2) is 58.3 Å². The Morgan fingerprint density at radius 3 is 0.506 bits per heavy atom. The Bertz CT molecular complexity index is 1720. The average molecular weight is 1320 g/mol. The number of benzene rings is 2. The van der Waals surface area contributed by atoms with Crippen molar-refractivity contribution in [3.05, 3.63) is 59.7 Å². The normalized spacial score (nSPS) is 11.7. The Hall–Kier alpha value is -0.169. The van der Waals surface area contributed by atoms with E-state index in [-0.39, 0.29) is 58.7 Å². The van der Waals surface area contributed by atoms with Crippen LogP contribution in [0.3, 0.4) is 0 Å². The topological polar surface area (TPSA) is 114 Å². The molecule has 9 heteroatoms. The van der Waals surface area contributed by atoms with E-state index in [1.54, 1.807) is 24.3 Å². The van der Waals surface area contributed by atoms with Crippen LogP contribution < -0.4 is 0 Å². The zero-order valence-corrected chi connectivity index (χ0v) is 61.1. The van der Waals surface area contributed by atoms with Crippen LogP contribution in [0.25, 0.3) is 0 Å². The van der Waals surface area contributed by atoms with E-state index in [4.69, 9.17) is 0 Å². The third kappa shape index (κ3) is 56.8. The Kier molecular flexibility index (Phi) is 63.3. The molecule has 2 aromatic rings. The zero-order valence-electron chi connectivity index (χ0n) is 55.0. The molecule has 0 unspecified atom stereocenters. The second-order valence-corrected chi connectivity index (χ2v) is 28.1. The monoisotopic (exact) mass is 1320 g/mol. The van der Waals surface area contributed by atoms with E-state index in [2.05, 4.69) is 13.8 Å². The summed E-state index contributed by atoms with van der Waals surface area (Å²) in [5.41, 5.74) is 1.35. The van der Waals surface area contributed by atoms with Gasteiger partial charge in [-0.05, 0) is 48.9 Å². The molecule has 0 aliphatic rings. The molecule has 2 rings (SSSR count). The molecule has 0 bridgehead atoms. The van der Waals surface area contributed by atoms with Crippen molar-refractivity contribution in [2.45, 2.75) is 409 Å². The minimum atomic E-state index is -4.36. The van der Waals surface area contributed by atoms with Crippen LogP contribution in [0, 0.1) is 0 Å².